The third-order valence-electron chi connectivity index (χ3n) is 7.39. The third kappa shape index (κ3) is 4.30. The van der Waals surface area contributed by atoms with Gasteiger partial charge in [0.25, 0.3) is 0 Å². The Labute approximate surface area is 199 Å². The molecule has 7 heteroatoms. The number of carboxylic acid groups (broad SMARTS) is 1. The summed E-state index contributed by atoms with van der Waals surface area (Å²) < 4.78 is 18.1. The van der Waals surface area contributed by atoms with Crippen molar-refractivity contribution in [2.75, 3.05) is 19.8 Å². The summed E-state index contributed by atoms with van der Waals surface area (Å²) in [5.74, 6) is -1.92. The fraction of sp³-hybridized carbons (Fsp3) is 0.481. The van der Waals surface area contributed by atoms with Crippen LogP contribution >= 0.6 is 0 Å². The Morgan fingerprint density at radius 2 is 1.62 bits per heavy atom. The van der Waals surface area contributed by atoms with Crippen molar-refractivity contribution < 1.29 is 28.9 Å². The van der Waals surface area contributed by atoms with E-state index in [0.717, 1.165) is 19.3 Å². The Hall–Kier alpha value is -2.90. The fourth-order valence-electron chi connectivity index (χ4n) is 5.85. The first-order chi connectivity index (χ1) is 16.6. The summed E-state index contributed by atoms with van der Waals surface area (Å²) in [6.07, 6.45) is 3.18. The van der Waals surface area contributed by atoms with E-state index in [1.807, 2.05) is 24.3 Å². The molecule has 7 nitrogen and oxygen atoms in total. The predicted molar refractivity (Wildman–Crippen MR) is 125 cm³/mol. The summed E-state index contributed by atoms with van der Waals surface area (Å²) in [7, 11) is 0. The molecule has 1 saturated carbocycles. The molecular formula is C27H31NO6. The maximum Gasteiger partial charge on any atom is 0.407 e. The number of carbonyl (C=O) groups is 2. The first kappa shape index (κ1) is 22.9. The molecule has 2 aromatic carbocycles. The first-order valence-corrected chi connectivity index (χ1v) is 12.2. The minimum Gasteiger partial charge on any atom is -0.481 e. The van der Waals surface area contributed by atoms with Crippen molar-refractivity contribution >= 4 is 12.1 Å². The van der Waals surface area contributed by atoms with Crippen LogP contribution in [-0.4, -0.2) is 48.8 Å². The van der Waals surface area contributed by atoms with Crippen LogP contribution in [0.1, 0.15) is 55.6 Å². The lowest BCUT2D eigenvalue weighted by atomic mass is 9.76. The minimum atomic E-state index is -0.989. The lowest BCUT2D eigenvalue weighted by Crippen LogP contribution is -2.63. The number of rotatable bonds is 6. The number of benzene rings is 2. The summed E-state index contributed by atoms with van der Waals surface area (Å²) in [6, 6.07) is 16.1. The van der Waals surface area contributed by atoms with Crippen LogP contribution in [-0.2, 0) is 19.0 Å². The SMILES string of the molecule is O=C(O)CC[C@@H]1CCC[C@H](NC(=O)OCC2c3ccccc3-c3ccccc32)C12OCCCO2. The summed E-state index contributed by atoms with van der Waals surface area (Å²) in [5.41, 5.74) is 4.70. The number of amides is 1. The van der Waals surface area contributed by atoms with Gasteiger partial charge in [0.1, 0.15) is 6.61 Å². The number of nitrogens with one attached hydrogen (secondary N) is 1. The zero-order chi connectivity index (χ0) is 23.5. The highest BCUT2D eigenvalue weighted by Crippen LogP contribution is 2.45. The number of alkyl carbamates (subject to hydrolysis) is 1. The lowest BCUT2D eigenvalue weighted by molar-refractivity contribution is -0.317. The van der Waals surface area contributed by atoms with Gasteiger partial charge in [0.2, 0.25) is 0 Å². The molecule has 1 amide bonds. The van der Waals surface area contributed by atoms with E-state index in [1.165, 1.54) is 22.3 Å². The van der Waals surface area contributed by atoms with Gasteiger partial charge in [0.15, 0.2) is 5.79 Å². The Balaban J connectivity index is 1.28. The van der Waals surface area contributed by atoms with E-state index in [1.54, 1.807) is 0 Å². The quantitative estimate of drug-likeness (QED) is 0.643. The monoisotopic (exact) mass is 465 g/mol. The average Bonchev–Trinajstić information content (AvgIpc) is 3.17. The molecule has 0 unspecified atom stereocenters. The summed E-state index contributed by atoms with van der Waals surface area (Å²) in [6.45, 7) is 1.31. The molecule has 2 aliphatic carbocycles. The molecular weight excluding hydrogens is 434 g/mol. The smallest absolute Gasteiger partial charge is 0.407 e. The number of aliphatic carboxylic acids is 1. The molecule has 3 aliphatic rings. The molecule has 1 aliphatic heterocycles. The van der Waals surface area contributed by atoms with Crippen molar-refractivity contribution in [3.63, 3.8) is 0 Å². The highest BCUT2D eigenvalue weighted by atomic mass is 16.7. The Kier molecular flexibility index (Phi) is 6.57. The fourth-order valence-corrected chi connectivity index (χ4v) is 5.85. The zero-order valence-electron chi connectivity index (χ0n) is 19.2. The maximum atomic E-state index is 13.0. The van der Waals surface area contributed by atoms with Gasteiger partial charge in [-0.25, -0.2) is 4.79 Å². The molecule has 1 saturated heterocycles. The number of hydrogen-bond donors (Lipinski definition) is 2. The maximum absolute atomic E-state index is 13.0. The third-order valence-corrected chi connectivity index (χ3v) is 7.39. The minimum absolute atomic E-state index is 0.0102. The number of fused-ring (bicyclic) bond motifs is 3. The van der Waals surface area contributed by atoms with E-state index < -0.39 is 17.8 Å². The van der Waals surface area contributed by atoms with Gasteiger partial charge in [-0.15, -0.1) is 0 Å². The van der Waals surface area contributed by atoms with Crippen molar-refractivity contribution in [3.8, 4) is 11.1 Å². The second kappa shape index (κ2) is 9.76. The van der Waals surface area contributed by atoms with E-state index >= 15 is 0 Å². The van der Waals surface area contributed by atoms with Gasteiger partial charge in [-0.05, 0) is 47.9 Å². The summed E-state index contributed by atoms with van der Waals surface area (Å²) in [4.78, 5) is 24.1. The van der Waals surface area contributed by atoms with Crippen LogP contribution in [0.15, 0.2) is 48.5 Å². The number of hydrogen-bond acceptors (Lipinski definition) is 5. The molecule has 1 heterocycles. The van der Waals surface area contributed by atoms with Gasteiger partial charge in [0, 0.05) is 18.3 Å². The van der Waals surface area contributed by atoms with Crippen LogP contribution < -0.4 is 5.32 Å². The number of carboxylic acids is 1. The highest BCUT2D eigenvalue weighted by molar-refractivity contribution is 5.79. The van der Waals surface area contributed by atoms with Crippen molar-refractivity contribution in [2.24, 2.45) is 5.92 Å². The van der Waals surface area contributed by atoms with E-state index in [2.05, 4.69) is 29.6 Å². The van der Waals surface area contributed by atoms with Gasteiger partial charge in [-0.3, -0.25) is 4.79 Å². The highest BCUT2D eigenvalue weighted by Gasteiger charge is 2.52. The summed E-state index contributed by atoms with van der Waals surface area (Å²) in [5, 5.41) is 12.2. The zero-order valence-corrected chi connectivity index (χ0v) is 19.2. The van der Waals surface area contributed by atoms with Crippen molar-refractivity contribution in [1.82, 2.24) is 5.32 Å². The van der Waals surface area contributed by atoms with Crippen molar-refractivity contribution in [1.29, 1.82) is 0 Å². The van der Waals surface area contributed by atoms with Crippen LogP contribution in [0.2, 0.25) is 0 Å². The Bertz CT molecular complexity index is 1000. The molecule has 1 spiro atoms. The van der Waals surface area contributed by atoms with E-state index in [4.69, 9.17) is 14.2 Å². The summed E-state index contributed by atoms with van der Waals surface area (Å²) >= 11 is 0. The standard InChI is InChI=1S/C27H31NO6/c29-25(30)14-13-18-7-5-12-24(27(18)33-15-6-16-34-27)28-26(31)32-17-23-21-10-3-1-8-19(21)20-9-2-4-11-22(20)23/h1-4,8-11,18,23-24H,5-7,12-17H2,(H,28,31)(H,29,30)/t18-,24-/m0/s1. The van der Waals surface area contributed by atoms with Crippen LogP contribution in [0.5, 0.6) is 0 Å². The van der Waals surface area contributed by atoms with Gasteiger partial charge in [-0.2, -0.15) is 0 Å². The molecule has 2 N–H and O–H groups in total. The molecule has 0 bridgehead atoms. The van der Waals surface area contributed by atoms with Crippen LogP contribution in [0.4, 0.5) is 4.79 Å². The lowest BCUT2D eigenvalue weighted by Gasteiger charge is -2.50. The van der Waals surface area contributed by atoms with Crippen molar-refractivity contribution in [2.45, 2.75) is 56.3 Å². The van der Waals surface area contributed by atoms with E-state index in [0.29, 0.717) is 26.1 Å². The van der Waals surface area contributed by atoms with Crippen LogP contribution in [0, 0.1) is 5.92 Å². The molecule has 2 fully saturated rings. The van der Waals surface area contributed by atoms with Gasteiger partial charge in [0.05, 0.1) is 19.3 Å². The Morgan fingerprint density at radius 3 is 2.26 bits per heavy atom. The molecule has 2 atom stereocenters. The van der Waals surface area contributed by atoms with Crippen molar-refractivity contribution in [3.05, 3.63) is 59.7 Å². The van der Waals surface area contributed by atoms with Gasteiger partial charge < -0.3 is 24.6 Å². The molecule has 34 heavy (non-hydrogen) atoms. The molecule has 2 aromatic rings. The average molecular weight is 466 g/mol. The Morgan fingerprint density at radius 1 is 0.971 bits per heavy atom. The number of ether oxygens (including phenoxy) is 3. The predicted octanol–water partition coefficient (Wildman–Crippen LogP) is 4.69. The molecule has 5 rings (SSSR count). The second-order valence-electron chi connectivity index (χ2n) is 9.35. The molecule has 0 radical (unpaired) electrons. The number of carbonyl (C=O) groups excluding carboxylic acids is 1. The van der Waals surface area contributed by atoms with E-state index in [-0.39, 0.29) is 30.9 Å². The largest absolute Gasteiger partial charge is 0.481 e. The molecule has 180 valence electrons. The normalized spacial score (nSPS) is 23.2. The topological polar surface area (TPSA) is 94.1 Å². The van der Waals surface area contributed by atoms with Crippen LogP contribution in [0.3, 0.4) is 0 Å². The second-order valence-corrected chi connectivity index (χ2v) is 9.35. The van der Waals surface area contributed by atoms with Gasteiger partial charge in [-0.1, -0.05) is 55.0 Å². The molecule has 0 aromatic heterocycles. The van der Waals surface area contributed by atoms with Crippen LogP contribution in [0.25, 0.3) is 11.1 Å². The van der Waals surface area contributed by atoms with E-state index in [9.17, 15) is 14.7 Å². The van der Waals surface area contributed by atoms with Gasteiger partial charge >= 0.3 is 12.1 Å². The first-order valence-electron chi connectivity index (χ1n) is 12.2.